The number of hydrogen-bond donors (Lipinski definition) is 0. The summed E-state index contributed by atoms with van der Waals surface area (Å²) in [5, 5.41) is 0. The third kappa shape index (κ3) is 12.2. The Bertz CT molecular complexity index is 846. The first-order chi connectivity index (χ1) is 17.3. The van der Waals surface area contributed by atoms with Gasteiger partial charge in [-0.1, -0.05) is 103 Å². The van der Waals surface area contributed by atoms with E-state index in [0.29, 0.717) is 24.3 Å². The molecular weight excluding hydrogens is 448 g/mol. The third-order valence-electron chi connectivity index (χ3n) is 6.08. The fraction of sp³-hybridized carbons (Fsp3) is 0.500. The van der Waals surface area contributed by atoms with Crippen molar-refractivity contribution in [3.8, 4) is 0 Å². The first kappa shape index (κ1) is 29.4. The number of ether oxygens (including phenoxy) is 2. The maximum absolute atomic E-state index is 12.2. The van der Waals surface area contributed by atoms with Gasteiger partial charge in [0.05, 0.1) is 24.3 Å². The van der Waals surface area contributed by atoms with Gasteiger partial charge in [-0.25, -0.2) is 9.59 Å². The predicted octanol–water partition coefficient (Wildman–Crippen LogP) is 8.60. The van der Waals surface area contributed by atoms with Crippen LogP contribution < -0.4 is 0 Å². The summed E-state index contributed by atoms with van der Waals surface area (Å²) >= 11 is 0. The zero-order chi connectivity index (χ0) is 26.2. The van der Waals surface area contributed by atoms with Crippen molar-refractivity contribution in [2.24, 2.45) is 11.8 Å². The van der Waals surface area contributed by atoms with E-state index in [2.05, 4.69) is 27.7 Å². The Balaban J connectivity index is 1.72. The highest BCUT2D eigenvalue weighted by atomic mass is 16.5. The fourth-order valence-electron chi connectivity index (χ4n) is 3.81. The molecule has 0 unspecified atom stereocenters. The van der Waals surface area contributed by atoms with Gasteiger partial charge in [-0.3, -0.25) is 0 Å². The van der Waals surface area contributed by atoms with Gasteiger partial charge >= 0.3 is 11.9 Å². The van der Waals surface area contributed by atoms with Crippen molar-refractivity contribution < 1.29 is 19.1 Å². The second-order valence-corrected chi connectivity index (χ2v) is 10.3. The zero-order valence-electron chi connectivity index (χ0n) is 22.6. The maximum Gasteiger partial charge on any atom is 0.338 e. The summed E-state index contributed by atoms with van der Waals surface area (Å²) in [6.07, 6.45) is 12.8. The molecule has 0 aliphatic heterocycles. The normalized spacial score (nSPS) is 11.4. The molecule has 4 nitrogen and oxygen atoms in total. The molecule has 0 aromatic heterocycles. The molecule has 0 bridgehead atoms. The minimum atomic E-state index is -0.271. The van der Waals surface area contributed by atoms with E-state index in [1.165, 1.54) is 25.7 Å². The van der Waals surface area contributed by atoms with E-state index in [1.54, 1.807) is 24.3 Å². The summed E-state index contributed by atoms with van der Waals surface area (Å²) in [4.78, 5) is 24.4. The second-order valence-electron chi connectivity index (χ2n) is 10.3. The number of hydrogen-bond acceptors (Lipinski definition) is 4. The lowest BCUT2D eigenvalue weighted by Crippen LogP contribution is -2.06. The first-order valence-electron chi connectivity index (χ1n) is 13.6. The zero-order valence-corrected chi connectivity index (χ0v) is 22.6. The molecule has 2 aromatic carbocycles. The highest BCUT2D eigenvalue weighted by Crippen LogP contribution is 2.14. The van der Waals surface area contributed by atoms with Gasteiger partial charge in [-0.15, -0.1) is 0 Å². The Hall–Kier alpha value is -2.88. The summed E-state index contributed by atoms with van der Waals surface area (Å²) < 4.78 is 10.8. The van der Waals surface area contributed by atoms with Crippen molar-refractivity contribution in [2.75, 3.05) is 13.2 Å². The van der Waals surface area contributed by atoms with Crippen molar-refractivity contribution in [3.63, 3.8) is 0 Å². The van der Waals surface area contributed by atoms with E-state index in [-0.39, 0.29) is 11.9 Å². The average Bonchev–Trinajstić information content (AvgIpc) is 2.87. The van der Waals surface area contributed by atoms with Crippen LogP contribution in [0, 0.1) is 11.8 Å². The summed E-state index contributed by atoms with van der Waals surface area (Å²) in [6.45, 7) is 9.85. The number of carbonyl (C=O) groups excluding carboxylic acids is 2. The van der Waals surface area contributed by atoms with E-state index in [0.717, 1.165) is 48.6 Å². The average molecular weight is 493 g/mol. The highest BCUT2D eigenvalue weighted by molar-refractivity contribution is 5.90. The van der Waals surface area contributed by atoms with Crippen molar-refractivity contribution in [3.05, 3.63) is 70.8 Å². The molecular formula is C32H44O4. The fourth-order valence-corrected chi connectivity index (χ4v) is 3.81. The molecule has 0 fully saturated rings. The predicted molar refractivity (Wildman–Crippen MR) is 149 cm³/mol. The smallest absolute Gasteiger partial charge is 0.338 e. The van der Waals surface area contributed by atoms with E-state index >= 15 is 0 Å². The van der Waals surface area contributed by atoms with Gasteiger partial charge < -0.3 is 9.47 Å². The molecule has 2 rings (SSSR count). The number of benzene rings is 2. The lowest BCUT2D eigenvalue weighted by molar-refractivity contribution is 0.0488. The van der Waals surface area contributed by atoms with Crippen LogP contribution in [0.3, 0.4) is 0 Å². The molecule has 0 saturated heterocycles. The molecule has 0 heterocycles. The molecule has 0 N–H and O–H groups in total. The van der Waals surface area contributed by atoms with Gasteiger partial charge in [0.25, 0.3) is 0 Å². The second kappa shape index (κ2) is 16.7. The molecule has 2 aromatic rings. The largest absolute Gasteiger partial charge is 0.462 e. The van der Waals surface area contributed by atoms with Crippen LogP contribution in [0.2, 0.25) is 0 Å². The summed E-state index contributed by atoms with van der Waals surface area (Å²) in [7, 11) is 0. The Morgan fingerprint density at radius 3 is 1.28 bits per heavy atom. The van der Waals surface area contributed by atoms with Crippen molar-refractivity contribution in [1.29, 1.82) is 0 Å². The van der Waals surface area contributed by atoms with Gasteiger partial charge in [0.15, 0.2) is 0 Å². The van der Waals surface area contributed by atoms with Crippen molar-refractivity contribution in [1.82, 2.24) is 0 Å². The van der Waals surface area contributed by atoms with Crippen LogP contribution in [0.1, 0.15) is 111 Å². The Morgan fingerprint density at radius 1 is 0.583 bits per heavy atom. The SMILES string of the molecule is CC(C)CCCCCOC(=O)c1ccc(C=Cc2ccc(C(=O)OCCCCCC(C)C)cc2)cc1. The third-order valence-corrected chi connectivity index (χ3v) is 6.08. The Labute approximate surface area is 218 Å². The van der Waals surface area contributed by atoms with Crippen LogP contribution in [-0.2, 0) is 9.47 Å². The molecule has 0 radical (unpaired) electrons. The van der Waals surface area contributed by atoms with Gasteiger partial charge in [0, 0.05) is 0 Å². The summed E-state index contributed by atoms with van der Waals surface area (Å²) in [5.74, 6) is 0.907. The molecule has 0 spiro atoms. The van der Waals surface area contributed by atoms with Gasteiger partial charge in [0.2, 0.25) is 0 Å². The van der Waals surface area contributed by atoms with Crippen LogP contribution in [0.4, 0.5) is 0 Å². The minimum Gasteiger partial charge on any atom is -0.462 e. The standard InChI is InChI=1S/C32H44O4/c1-25(2)11-7-5-9-23-35-31(33)29-19-15-27(16-20-29)13-14-28-17-21-30(22-18-28)32(34)36-24-10-6-8-12-26(3)4/h13-22,25-26H,5-12,23-24H2,1-4H3. The molecule has 0 saturated carbocycles. The maximum atomic E-state index is 12.2. The van der Waals surface area contributed by atoms with Crippen molar-refractivity contribution >= 4 is 24.1 Å². The lowest BCUT2D eigenvalue weighted by atomic mass is 10.1. The van der Waals surface area contributed by atoms with E-state index < -0.39 is 0 Å². The van der Waals surface area contributed by atoms with Gasteiger partial charge in [-0.2, -0.15) is 0 Å². The van der Waals surface area contributed by atoms with Crippen LogP contribution in [0.25, 0.3) is 12.2 Å². The van der Waals surface area contributed by atoms with Crippen LogP contribution in [0.5, 0.6) is 0 Å². The first-order valence-corrected chi connectivity index (χ1v) is 13.6. The van der Waals surface area contributed by atoms with E-state index in [4.69, 9.17) is 9.47 Å². The monoisotopic (exact) mass is 492 g/mol. The number of rotatable bonds is 16. The quantitative estimate of drug-likeness (QED) is 0.134. The van der Waals surface area contributed by atoms with Gasteiger partial charge in [-0.05, 0) is 60.1 Å². The van der Waals surface area contributed by atoms with E-state index in [9.17, 15) is 9.59 Å². The highest BCUT2D eigenvalue weighted by Gasteiger charge is 2.08. The molecule has 0 aliphatic rings. The Kier molecular flexibility index (Phi) is 13.6. The topological polar surface area (TPSA) is 52.6 Å². The molecule has 36 heavy (non-hydrogen) atoms. The van der Waals surface area contributed by atoms with Crippen molar-refractivity contribution in [2.45, 2.75) is 79.1 Å². The molecule has 4 heteroatoms. The summed E-state index contributed by atoms with van der Waals surface area (Å²) in [6, 6.07) is 14.8. The molecule has 0 amide bonds. The number of esters is 2. The lowest BCUT2D eigenvalue weighted by Gasteiger charge is -2.07. The number of unbranched alkanes of at least 4 members (excludes halogenated alkanes) is 4. The number of carbonyl (C=O) groups is 2. The minimum absolute atomic E-state index is 0.271. The molecule has 196 valence electrons. The molecule has 0 aliphatic carbocycles. The summed E-state index contributed by atoms with van der Waals surface area (Å²) in [5.41, 5.74) is 3.11. The van der Waals surface area contributed by atoms with Gasteiger partial charge in [0.1, 0.15) is 0 Å². The van der Waals surface area contributed by atoms with Crippen LogP contribution in [0.15, 0.2) is 48.5 Å². The molecule has 0 atom stereocenters. The van der Waals surface area contributed by atoms with Crippen LogP contribution >= 0.6 is 0 Å². The Morgan fingerprint density at radius 2 is 0.944 bits per heavy atom. The van der Waals surface area contributed by atoms with E-state index in [1.807, 2.05) is 36.4 Å². The van der Waals surface area contributed by atoms with Crippen LogP contribution in [-0.4, -0.2) is 25.2 Å².